The second-order valence-corrected chi connectivity index (χ2v) is 8.05. The minimum absolute atomic E-state index is 0.0534. The first kappa shape index (κ1) is 21.2. The van der Waals surface area contributed by atoms with E-state index < -0.39 is 18.0 Å². The van der Waals surface area contributed by atoms with Gasteiger partial charge in [-0.2, -0.15) is 0 Å². The van der Waals surface area contributed by atoms with Crippen LogP contribution in [-0.2, 0) is 9.63 Å². The molecular formula is C20H24ClN5O5. The van der Waals surface area contributed by atoms with E-state index in [1.54, 1.807) is 6.07 Å². The van der Waals surface area contributed by atoms with Gasteiger partial charge in [-0.25, -0.2) is 9.59 Å². The topological polar surface area (TPSA) is 102 Å². The quantitative estimate of drug-likeness (QED) is 0.704. The van der Waals surface area contributed by atoms with Gasteiger partial charge in [-0.1, -0.05) is 22.7 Å². The molecule has 0 aliphatic carbocycles. The van der Waals surface area contributed by atoms with Gasteiger partial charge < -0.3 is 24.9 Å². The molecule has 0 atom stereocenters. The van der Waals surface area contributed by atoms with Crippen LogP contribution in [-0.4, -0.2) is 84.6 Å². The zero-order chi connectivity index (χ0) is 22.0. The van der Waals surface area contributed by atoms with Crippen molar-refractivity contribution >= 4 is 41.2 Å². The van der Waals surface area contributed by atoms with E-state index in [4.69, 9.17) is 16.4 Å². The van der Waals surface area contributed by atoms with Gasteiger partial charge in [0.25, 0.3) is 11.8 Å². The van der Waals surface area contributed by atoms with Crippen molar-refractivity contribution in [2.45, 2.75) is 19.3 Å². The number of amides is 5. The number of benzene rings is 1. The molecule has 0 spiro atoms. The van der Waals surface area contributed by atoms with E-state index >= 15 is 0 Å². The molecule has 5 amide bonds. The number of nitrogens with one attached hydrogen (secondary N) is 1. The van der Waals surface area contributed by atoms with Crippen LogP contribution in [0.5, 0.6) is 0 Å². The number of carbonyl (C=O) groups is 4. The normalized spacial score (nSPS) is 19.5. The van der Waals surface area contributed by atoms with Gasteiger partial charge in [0.2, 0.25) is 0 Å². The Kier molecular flexibility index (Phi) is 6.17. The molecule has 3 fully saturated rings. The number of carbonyl (C=O) groups excluding carboxylic acids is 4. The molecule has 1 aromatic rings. The highest BCUT2D eigenvalue weighted by Crippen LogP contribution is 2.31. The van der Waals surface area contributed by atoms with Gasteiger partial charge in [0, 0.05) is 39.3 Å². The van der Waals surface area contributed by atoms with Crippen molar-refractivity contribution in [2.75, 3.05) is 50.7 Å². The summed E-state index contributed by atoms with van der Waals surface area (Å²) in [4.78, 5) is 58.5. The highest BCUT2D eigenvalue weighted by molar-refractivity contribution is 6.36. The maximum atomic E-state index is 12.9. The van der Waals surface area contributed by atoms with Crippen LogP contribution >= 0.6 is 11.6 Å². The summed E-state index contributed by atoms with van der Waals surface area (Å²) in [5.41, 5.74) is 1.23. The van der Waals surface area contributed by atoms with Crippen molar-refractivity contribution in [3.05, 3.63) is 28.8 Å². The molecule has 31 heavy (non-hydrogen) atoms. The number of rotatable bonds is 3. The summed E-state index contributed by atoms with van der Waals surface area (Å²) in [6, 6.07) is 4.67. The third kappa shape index (κ3) is 4.39. The molecule has 0 radical (unpaired) electrons. The smallest absolute Gasteiger partial charge is 0.367 e. The molecule has 3 aliphatic rings. The highest BCUT2D eigenvalue weighted by Gasteiger charge is 2.35. The lowest BCUT2D eigenvalue weighted by Gasteiger charge is -2.36. The number of nitrogens with zero attached hydrogens (tertiary/aromatic N) is 4. The summed E-state index contributed by atoms with van der Waals surface area (Å²) in [7, 11) is 0. The second kappa shape index (κ2) is 9.01. The molecule has 3 saturated heterocycles. The van der Waals surface area contributed by atoms with Crippen LogP contribution in [0.15, 0.2) is 18.2 Å². The molecular weight excluding hydrogens is 426 g/mol. The zero-order valence-corrected chi connectivity index (χ0v) is 17.8. The summed E-state index contributed by atoms with van der Waals surface area (Å²) in [6.45, 7) is 2.89. The standard InChI is InChI=1S/C20H24ClN5O5/c21-17-14(18(28)24-7-2-1-3-8-24)5-4-6-15(17)23-9-11-25(12-10-23)20(30)31-26-16(27)13-22-19(26)29/h4-6H,1-3,7-13H2,(H,22,29). The van der Waals surface area contributed by atoms with Crippen LogP contribution in [0, 0.1) is 0 Å². The van der Waals surface area contributed by atoms with Crippen molar-refractivity contribution in [2.24, 2.45) is 0 Å². The predicted molar refractivity (Wildman–Crippen MR) is 112 cm³/mol. The lowest BCUT2D eigenvalue weighted by atomic mass is 10.1. The van der Waals surface area contributed by atoms with Gasteiger partial charge in [-0.3, -0.25) is 9.59 Å². The average Bonchev–Trinajstić information content (AvgIpc) is 3.11. The maximum Gasteiger partial charge on any atom is 0.434 e. The number of hydrogen-bond donors (Lipinski definition) is 1. The fourth-order valence-corrected chi connectivity index (χ4v) is 4.29. The maximum absolute atomic E-state index is 12.9. The first-order valence-electron chi connectivity index (χ1n) is 10.4. The number of urea groups is 1. The van der Waals surface area contributed by atoms with Crippen molar-refractivity contribution in [3.8, 4) is 0 Å². The molecule has 3 aliphatic heterocycles. The Morgan fingerprint density at radius 1 is 0.935 bits per heavy atom. The van der Waals surface area contributed by atoms with Crippen molar-refractivity contribution in [1.29, 1.82) is 0 Å². The Morgan fingerprint density at radius 2 is 1.65 bits per heavy atom. The fraction of sp³-hybridized carbons (Fsp3) is 0.500. The van der Waals surface area contributed by atoms with Crippen LogP contribution < -0.4 is 10.2 Å². The Labute approximate surface area is 184 Å². The van der Waals surface area contributed by atoms with Gasteiger partial charge in [-0.15, -0.1) is 0 Å². The molecule has 10 nitrogen and oxygen atoms in total. The van der Waals surface area contributed by atoms with Gasteiger partial charge in [-0.05, 0) is 31.4 Å². The molecule has 1 N–H and O–H groups in total. The minimum Gasteiger partial charge on any atom is -0.367 e. The van der Waals surface area contributed by atoms with Crippen LogP contribution in [0.3, 0.4) is 0 Å². The van der Waals surface area contributed by atoms with Crippen LogP contribution in [0.1, 0.15) is 29.6 Å². The molecule has 0 unspecified atom stereocenters. The van der Waals surface area contributed by atoms with Crippen LogP contribution in [0.2, 0.25) is 5.02 Å². The monoisotopic (exact) mass is 449 g/mol. The van der Waals surface area contributed by atoms with Gasteiger partial charge in [0.1, 0.15) is 6.54 Å². The van der Waals surface area contributed by atoms with E-state index in [0.717, 1.165) is 38.0 Å². The summed E-state index contributed by atoms with van der Waals surface area (Å²) in [5.74, 6) is -0.665. The number of anilines is 1. The lowest BCUT2D eigenvalue weighted by Crippen LogP contribution is -2.50. The number of imide groups is 1. The van der Waals surface area contributed by atoms with Gasteiger partial charge in [0.15, 0.2) is 0 Å². The summed E-state index contributed by atoms with van der Waals surface area (Å²) < 4.78 is 0. The average molecular weight is 450 g/mol. The van der Waals surface area contributed by atoms with Crippen molar-refractivity contribution in [3.63, 3.8) is 0 Å². The summed E-state index contributed by atoms with van der Waals surface area (Å²) in [6.07, 6.45) is 2.39. The Morgan fingerprint density at radius 3 is 2.29 bits per heavy atom. The number of piperidine rings is 1. The fourth-order valence-electron chi connectivity index (χ4n) is 3.96. The minimum atomic E-state index is -0.759. The Balaban J connectivity index is 1.38. The molecule has 166 valence electrons. The Bertz CT molecular complexity index is 880. The molecule has 0 aromatic heterocycles. The largest absolute Gasteiger partial charge is 0.434 e. The van der Waals surface area contributed by atoms with Crippen molar-refractivity contribution in [1.82, 2.24) is 20.2 Å². The molecule has 0 saturated carbocycles. The van der Waals surface area contributed by atoms with Crippen LogP contribution in [0.25, 0.3) is 0 Å². The first-order chi connectivity index (χ1) is 15.0. The SMILES string of the molecule is O=C(ON1C(=O)CNC1=O)N1CCN(c2cccc(C(=O)N3CCCCC3)c2Cl)CC1. The van der Waals surface area contributed by atoms with E-state index in [1.807, 2.05) is 21.9 Å². The number of piperazine rings is 1. The summed E-state index contributed by atoms with van der Waals surface area (Å²) >= 11 is 6.62. The highest BCUT2D eigenvalue weighted by atomic mass is 35.5. The second-order valence-electron chi connectivity index (χ2n) is 7.67. The summed E-state index contributed by atoms with van der Waals surface area (Å²) in [5, 5.41) is 3.14. The predicted octanol–water partition coefficient (Wildman–Crippen LogP) is 1.69. The van der Waals surface area contributed by atoms with Gasteiger partial charge >= 0.3 is 12.1 Å². The number of hydroxylamine groups is 2. The van der Waals surface area contributed by atoms with Gasteiger partial charge in [0.05, 0.1) is 16.3 Å². The zero-order valence-electron chi connectivity index (χ0n) is 17.0. The van der Waals surface area contributed by atoms with E-state index in [1.165, 1.54) is 4.90 Å². The van der Waals surface area contributed by atoms with Crippen molar-refractivity contribution < 1.29 is 24.0 Å². The van der Waals surface area contributed by atoms with E-state index in [-0.39, 0.29) is 12.5 Å². The number of hydrogen-bond acceptors (Lipinski definition) is 6. The molecule has 11 heteroatoms. The molecule has 1 aromatic carbocycles. The molecule has 4 rings (SSSR count). The number of halogens is 1. The number of likely N-dealkylation sites (tertiary alicyclic amines) is 1. The lowest BCUT2D eigenvalue weighted by molar-refractivity contribution is -0.149. The first-order valence-corrected chi connectivity index (χ1v) is 10.7. The Hall–Kier alpha value is -3.01. The van der Waals surface area contributed by atoms with E-state index in [0.29, 0.717) is 41.8 Å². The van der Waals surface area contributed by atoms with E-state index in [9.17, 15) is 19.2 Å². The third-order valence-corrected chi connectivity index (χ3v) is 6.10. The third-order valence-electron chi connectivity index (χ3n) is 5.70. The molecule has 0 bridgehead atoms. The van der Waals surface area contributed by atoms with E-state index in [2.05, 4.69) is 5.32 Å². The molecule has 3 heterocycles. The van der Waals surface area contributed by atoms with Crippen LogP contribution in [0.4, 0.5) is 15.3 Å².